The zero-order valence-corrected chi connectivity index (χ0v) is 21.1. The first-order valence-electron chi connectivity index (χ1n) is 13.7. The van der Waals surface area contributed by atoms with Crippen molar-refractivity contribution >= 4 is 66.7 Å². The number of nitrogens with zero attached hydrogens (tertiary/aromatic N) is 2. The van der Waals surface area contributed by atoms with Crippen LogP contribution in [0.15, 0.2) is 127 Å². The molecule has 0 fully saturated rings. The lowest BCUT2D eigenvalue weighted by atomic mass is 9.38. The van der Waals surface area contributed by atoms with E-state index in [2.05, 4.69) is 137 Å². The lowest BCUT2D eigenvalue weighted by Crippen LogP contribution is -2.50. The Bertz CT molecular complexity index is 2350. The van der Waals surface area contributed by atoms with E-state index in [1.54, 1.807) is 0 Å². The molecule has 2 aromatic heterocycles. The molecule has 3 heteroatoms. The summed E-state index contributed by atoms with van der Waals surface area (Å²) < 4.78 is 5.09. The normalized spacial score (nSPS) is 13.1. The standard InChI is InChI=1S/C36H21BN2/c1-4-16-28-22(10-1)25-13-8-20-32-34(25)37(28)29-17-7-14-26-23-11-2-6-19-31(23)39(35(26)29)33-21-9-15-27-24-12-3-5-18-30(24)38(32)36(27)33/h1-21H. The molecule has 0 amide bonds. The molecule has 0 aliphatic carbocycles. The topological polar surface area (TPSA) is 9.86 Å². The Hall–Kier alpha value is -5.02. The van der Waals surface area contributed by atoms with Crippen LogP contribution in [0.4, 0.5) is 0 Å². The average molecular weight is 492 g/mol. The van der Waals surface area contributed by atoms with E-state index in [4.69, 9.17) is 0 Å². The van der Waals surface area contributed by atoms with Crippen LogP contribution in [0, 0.1) is 0 Å². The van der Waals surface area contributed by atoms with Crippen LogP contribution in [-0.4, -0.2) is 15.8 Å². The van der Waals surface area contributed by atoms with E-state index in [0.717, 1.165) is 0 Å². The highest BCUT2D eigenvalue weighted by molar-refractivity contribution is 7.01. The number of para-hydroxylation sites is 4. The summed E-state index contributed by atoms with van der Waals surface area (Å²) in [5.41, 5.74) is 14.4. The van der Waals surface area contributed by atoms with Gasteiger partial charge in [0.1, 0.15) is 0 Å². The van der Waals surface area contributed by atoms with Crippen LogP contribution >= 0.6 is 0 Å². The van der Waals surface area contributed by atoms with Crippen LogP contribution in [0.25, 0.3) is 66.1 Å². The molecule has 0 bridgehead atoms. The molecule has 10 rings (SSSR count). The Morgan fingerprint density at radius 2 is 0.923 bits per heavy atom. The summed E-state index contributed by atoms with van der Waals surface area (Å²) >= 11 is 0. The summed E-state index contributed by atoms with van der Waals surface area (Å²) in [5, 5.41) is 5.20. The predicted molar refractivity (Wildman–Crippen MR) is 165 cm³/mol. The molecule has 0 unspecified atom stereocenters. The first kappa shape index (κ1) is 20.0. The molecule has 178 valence electrons. The van der Waals surface area contributed by atoms with Crippen LogP contribution in [-0.2, 0) is 0 Å². The van der Waals surface area contributed by atoms with E-state index < -0.39 is 0 Å². The van der Waals surface area contributed by atoms with Gasteiger partial charge in [0.05, 0.1) is 22.2 Å². The quantitative estimate of drug-likeness (QED) is 0.209. The van der Waals surface area contributed by atoms with Crippen molar-refractivity contribution in [3.63, 3.8) is 0 Å². The van der Waals surface area contributed by atoms with Crippen LogP contribution < -0.4 is 16.4 Å². The molecule has 2 aliphatic heterocycles. The molecule has 0 atom stereocenters. The fourth-order valence-electron chi connectivity index (χ4n) is 7.72. The highest BCUT2D eigenvalue weighted by Crippen LogP contribution is 2.41. The molecule has 0 radical (unpaired) electrons. The molecule has 0 saturated heterocycles. The van der Waals surface area contributed by atoms with Crippen LogP contribution in [0.2, 0.25) is 0 Å². The molecule has 2 aliphatic rings. The minimum Gasteiger partial charge on any atom is -0.308 e. The van der Waals surface area contributed by atoms with Gasteiger partial charge in [0.2, 0.25) is 6.71 Å². The van der Waals surface area contributed by atoms with E-state index in [1.807, 2.05) is 0 Å². The number of rotatable bonds is 0. The molecule has 39 heavy (non-hydrogen) atoms. The maximum atomic E-state index is 2.55. The van der Waals surface area contributed by atoms with E-state index in [0.29, 0.717) is 0 Å². The molecule has 0 saturated carbocycles. The molecular formula is C36H21BN2. The highest BCUT2D eigenvalue weighted by Gasteiger charge is 2.39. The fourth-order valence-corrected chi connectivity index (χ4v) is 7.72. The molecule has 2 nitrogen and oxygen atoms in total. The Labute approximate surface area is 225 Å². The van der Waals surface area contributed by atoms with Crippen molar-refractivity contribution in [1.29, 1.82) is 0 Å². The van der Waals surface area contributed by atoms with E-state index in [-0.39, 0.29) is 6.71 Å². The van der Waals surface area contributed by atoms with Crippen molar-refractivity contribution < 1.29 is 0 Å². The Morgan fingerprint density at radius 1 is 0.385 bits per heavy atom. The monoisotopic (exact) mass is 492 g/mol. The molecule has 0 N–H and O–H groups in total. The van der Waals surface area contributed by atoms with Gasteiger partial charge >= 0.3 is 0 Å². The second-order valence-corrected chi connectivity index (χ2v) is 10.9. The van der Waals surface area contributed by atoms with Crippen molar-refractivity contribution in [3.05, 3.63) is 127 Å². The van der Waals surface area contributed by atoms with E-state index in [1.165, 1.54) is 82.5 Å². The third-order valence-electron chi connectivity index (χ3n) is 9.13. The number of benzene rings is 6. The Morgan fingerprint density at radius 3 is 1.74 bits per heavy atom. The van der Waals surface area contributed by atoms with Crippen LogP contribution in [0.5, 0.6) is 0 Å². The first-order valence-corrected chi connectivity index (χ1v) is 13.7. The van der Waals surface area contributed by atoms with E-state index >= 15 is 0 Å². The SMILES string of the molecule is c1ccc2c(c1)B1c3c-2cccc3-n2c3ccccc3c3cccc(c32)-n2c3ccccc3c3cccc1c32. The minimum atomic E-state index is 0.143. The molecule has 0 spiro atoms. The van der Waals surface area contributed by atoms with Gasteiger partial charge in [-0.15, -0.1) is 0 Å². The number of hydrogen-bond acceptors (Lipinski definition) is 0. The lowest BCUT2D eigenvalue weighted by molar-refractivity contribution is 1.14. The lowest BCUT2D eigenvalue weighted by Gasteiger charge is -2.17. The largest absolute Gasteiger partial charge is 0.308 e. The maximum absolute atomic E-state index is 2.55. The first-order chi connectivity index (χ1) is 19.4. The second kappa shape index (κ2) is 6.89. The highest BCUT2D eigenvalue weighted by atomic mass is 15.1. The summed E-state index contributed by atoms with van der Waals surface area (Å²) in [6.07, 6.45) is 0. The molecule has 4 heterocycles. The molecular weight excluding hydrogens is 471 g/mol. The third-order valence-corrected chi connectivity index (χ3v) is 9.13. The zero-order valence-electron chi connectivity index (χ0n) is 21.1. The van der Waals surface area contributed by atoms with Gasteiger partial charge in [0.25, 0.3) is 0 Å². The van der Waals surface area contributed by atoms with Crippen molar-refractivity contribution in [2.75, 3.05) is 0 Å². The number of aromatic nitrogens is 2. The van der Waals surface area contributed by atoms with Gasteiger partial charge in [-0.2, -0.15) is 0 Å². The molecule has 6 aromatic carbocycles. The summed E-state index contributed by atoms with van der Waals surface area (Å²) in [4.78, 5) is 0. The summed E-state index contributed by atoms with van der Waals surface area (Å²) in [6.45, 7) is 0.143. The van der Waals surface area contributed by atoms with Gasteiger partial charge in [0.15, 0.2) is 0 Å². The fraction of sp³-hybridized carbons (Fsp3) is 0. The summed E-state index contributed by atoms with van der Waals surface area (Å²) in [7, 11) is 0. The van der Waals surface area contributed by atoms with E-state index in [9.17, 15) is 0 Å². The van der Waals surface area contributed by atoms with Crippen molar-refractivity contribution in [2.24, 2.45) is 0 Å². The summed E-state index contributed by atoms with van der Waals surface area (Å²) in [5.74, 6) is 0. The Balaban J connectivity index is 1.57. The third kappa shape index (κ3) is 2.27. The average Bonchev–Trinajstić information content (AvgIpc) is 3.64. The Kier molecular flexibility index (Phi) is 3.54. The minimum absolute atomic E-state index is 0.143. The van der Waals surface area contributed by atoms with Crippen molar-refractivity contribution in [3.8, 4) is 22.5 Å². The number of hydrogen-bond donors (Lipinski definition) is 0. The van der Waals surface area contributed by atoms with Gasteiger partial charge in [0, 0.05) is 32.7 Å². The summed E-state index contributed by atoms with van der Waals surface area (Å²) in [6, 6.07) is 47.5. The van der Waals surface area contributed by atoms with Crippen molar-refractivity contribution in [1.82, 2.24) is 9.13 Å². The number of fused-ring (bicyclic) bond motifs is 12. The van der Waals surface area contributed by atoms with Gasteiger partial charge < -0.3 is 9.13 Å². The van der Waals surface area contributed by atoms with Crippen molar-refractivity contribution in [2.45, 2.75) is 0 Å². The van der Waals surface area contributed by atoms with Gasteiger partial charge in [-0.3, -0.25) is 0 Å². The smallest absolute Gasteiger partial charge is 0.248 e. The predicted octanol–water partition coefficient (Wildman–Crippen LogP) is 6.69. The molecule has 8 aromatic rings. The second-order valence-electron chi connectivity index (χ2n) is 10.9. The maximum Gasteiger partial charge on any atom is 0.248 e. The van der Waals surface area contributed by atoms with Gasteiger partial charge in [-0.1, -0.05) is 109 Å². The van der Waals surface area contributed by atoms with Gasteiger partial charge in [-0.05, 0) is 46.3 Å². The van der Waals surface area contributed by atoms with Crippen LogP contribution in [0.3, 0.4) is 0 Å². The van der Waals surface area contributed by atoms with Crippen LogP contribution in [0.1, 0.15) is 0 Å². The van der Waals surface area contributed by atoms with Gasteiger partial charge in [-0.25, -0.2) is 0 Å². The zero-order chi connectivity index (χ0) is 25.2.